The van der Waals surface area contributed by atoms with E-state index in [1.165, 1.54) is 11.9 Å². The van der Waals surface area contributed by atoms with Crippen LogP contribution in [0, 0.1) is 5.82 Å². The Bertz CT molecular complexity index is 591. The highest BCUT2D eigenvalue weighted by Crippen LogP contribution is 2.22. The van der Waals surface area contributed by atoms with E-state index in [9.17, 15) is 17.6 Å². The van der Waals surface area contributed by atoms with Crippen LogP contribution in [-0.4, -0.2) is 46.0 Å². The van der Waals surface area contributed by atoms with Crippen molar-refractivity contribution in [2.24, 2.45) is 0 Å². The van der Waals surface area contributed by atoms with E-state index in [2.05, 4.69) is 0 Å². The summed E-state index contributed by atoms with van der Waals surface area (Å²) in [4.78, 5) is 13.0. The second kappa shape index (κ2) is 7.01. The summed E-state index contributed by atoms with van der Waals surface area (Å²) in [6.07, 6.45) is 0. The third kappa shape index (κ3) is 4.43. The minimum absolute atomic E-state index is 0.255. The molecule has 0 N–H and O–H groups in total. The van der Waals surface area contributed by atoms with E-state index in [1.54, 1.807) is 0 Å². The van der Waals surface area contributed by atoms with Gasteiger partial charge in [0.2, 0.25) is 0 Å². The molecule has 0 aromatic heterocycles. The van der Waals surface area contributed by atoms with Crippen LogP contribution in [0.2, 0.25) is 0 Å². The van der Waals surface area contributed by atoms with Crippen molar-refractivity contribution in [2.45, 2.75) is 11.8 Å². The number of likely N-dealkylation sites (N-methyl/N-ethyl adjacent to an activating group) is 1. The maximum absolute atomic E-state index is 13.2. The molecule has 20 heavy (non-hydrogen) atoms. The molecule has 0 radical (unpaired) electrons. The van der Waals surface area contributed by atoms with Gasteiger partial charge in [-0.15, -0.1) is 0 Å². The SMILES string of the molecule is CCOCCN(C)C(=O)c1cc(F)ccc1S(=O)(=O)Cl. The molecular weight excluding hydrogens is 309 g/mol. The second-order valence-corrected chi connectivity index (χ2v) is 6.54. The summed E-state index contributed by atoms with van der Waals surface area (Å²) in [6.45, 7) is 2.87. The Morgan fingerprint density at radius 1 is 1.45 bits per heavy atom. The number of halogens is 2. The lowest BCUT2D eigenvalue weighted by Gasteiger charge is -2.18. The predicted molar refractivity (Wildman–Crippen MR) is 72.9 cm³/mol. The molecule has 0 unspecified atom stereocenters. The maximum atomic E-state index is 13.2. The van der Waals surface area contributed by atoms with Crippen LogP contribution >= 0.6 is 10.7 Å². The van der Waals surface area contributed by atoms with Crippen molar-refractivity contribution >= 4 is 25.6 Å². The van der Waals surface area contributed by atoms with Crippen LogP contribution < -0.4 is 0 Å². The average Bonchev–Trinajstić information content (AvgIpc) is 2.36. The number of rotatable bonds is 6. The molecular formula is C12H15ClFNO4S. The van der Waals surface area contributed by atoms with Crippen LogP contribution in [0.3, 0.4) is 0 Å². The van der Waals surface area contributed by atoms with Gasteiger partial charge < -0.3 is 9.64 Å². The topological polar surface area (TPSA) is 63.7 Å². The highest BCUT2D eigenvalue weighted by Gasteiger charge is 2.23. The fourth-order valence-electron chi connectivity index (χ4n) is 1.53. The van der Waals surface area contributed by atoms with E-state index >= 15 is 0 Å². The summed E-state index contributed by atoms with van der Waals surface area (Å²) >= 11 is 0. The van der Waals surface area contributed by atoms with Crippen LogP contribution in [0.15, 0.2) is 23.1 Å². The first kappa shape index (κ1) is 16.9. The molecule has 0 aliphatic rings. The molecule has 0 saturated carbocycles. The van der Waals surface area contributed by atoms with Gasteiger partial charge in [-0.25, -0.2) is 12.8 Å². The monoisotopic (exact) mass is 323 g/mol. The van der Waals surface area contributed by atoms with Gasteiger partial charge in [0.25, 0.3) is 15.0 Å². The first-order valence-electron chi connectivity index (χ1n) is 5.84. The Balaban J connectivity index is 3.06. The summed E-state index contributed by atoms with van der Waals surface area (Å²) in [6, 6.07) is 2.77. The number of ether oxygens (including phenoxy) is 1. The van der Waals surface area contributed by atoms with Gasteiger partial charge in [-0.05, 0) is 25.1 Å². The Morgan fingerprint density at radius 2 is 2.10 bits per heavy atom. The van der Waals surface area contributed by atoms with E-state index in [0.717, 1.165) is 18.2 Å². The highest BCUT2D eigenvalue weighted by atomic mass is 35.7. The third-order valence-electron chi connectivity index (χ3n) is 2.56. The quantitative estimate of drug-likeness (QED) is 0.592. The fourth-order valence-corrected chi connectivity index (χ4v) is 2.58. The molecule has 0 heterocycles. The van der Waals surface area contributed by atoms with Crippen molar-refractivity contribution in [3.8, 4) is 0 Å². The summed E-state index contributed by atoms with van der Waals surface area (Å²) in [7, 11) is 2.59. The molecule has 1 amide bonds. The zero-order chi connectivity index (χ0) is 15.3. The first-order chi connectivity index (χ1) is 9.27. The maximum Gasteiger partial charge on any atom is 0.262 e. The average molecular weight is 324 g/mol. The molecule has 5 nitrogen and oxygen atoms in total. The van der Waals surface area contributed by atoms with Gasteiger partial charge in [0.1, 0.15) is 5.82 Å². The summed E-state index contributed by atoms with van der Waals surface area (Å²) in [5, 5.41) is 0. The molecule has 1 aromatic rings. The van der Waals surface area contributed by atoms with E-state index in [1.807, 2.05) is 6.92 Å². The first-order valence-corrected chi connectivity index (χ1v) is 8.15. The molecule has 1 aromatic carbocycles. The number of hydrogen-bond acceptors (Lipinski definition) is 4. The van der Waals surface area contributed by atoms with Crippen molar-refractivity contribution in [2.75, 3.05) is 26.8 Å². The molecule has 0 bridgehead atoms. The zero-order valence-electron chi connectivity index (χ0n) is 11.1. The van der Waals surface area contributed by atoms with Gasteiger partial charge >= 0.3 is 0 Å². The summed E-state index contributed by atoms with van der Waals surface area (Å²) in [5.41, 5.74) is -0.293. The Labute approximate surface area is 121 Å². The predicted octanol–water partition coefficient (Wildman–Crippen LogP) is 1.86. The Kier molecular flexibility index (Phi) is 5.91. The number of benzene rings is 1. The number of hydrogen-bond donors (Lipinski definition) is 0. The van der Waals surface area contributed by atoms with E-state index < -0.39 is 25.7 Å². The number of carbonyl (C=O) groups excluding carboxylic acids is 1. The molecule has 112 valence electrons. The standard InChI is InChI=1S/C12H15ClFNO4S/c1-3-19-7-6-15(2)12(16)10-8-9(14)4-5-11(10)20(13,17)18/h4-5,8H,3,6-7H2,1-2H3. The molecule has 0 saturated heterocycles. The van der Waals surface area contributed by atoms with Crippen LogP contribution in [0.5, 0.6) is 0 Å². The lowest BCUT2D eigenvalue weighted by molar-refractivity contribution is 0.0706. The molecule has 0 aliphatic carbocycles. The number of amides is 1. The Morgan fingerprint density at radius 3 is 2.65 bits per heavy atom. The highest BCUT2D eigenvalue weighted by molar-refractivity contribution is 8.13. The number of carbonyl (C=O) groups is 1. The van der Waals surface area contributed by atoms with Crippen LogP contribution in [0.4, 0.5) is 4.39 Å². The van der Waals surface area contributed by atoms with Crippen molar-refractivity contribution in [3.63, 3.8) is 0 Å². The van der Waals surface area contributed by atoms with Crippen molar-refractivity contribution in [1.29, 1.82) is 0 Å². The summed E-state index contributed by atoms with van der Waals surface area (Å²) in [5.74, 6) is -1.35. The van der Waals surface area contributed by atoms with Gasteiger partial charge in [0, 0.05) is 30.9 Å². The molecule has 1 rings (SSSR count). The van der Waals surface area contributed by atoms with Gasteiger partial charge in [-0.2, -0.15) is 0 Å². The minimum atomic E-state index is -4.13. The third-order valence-corrected chi connectivity index (χ3v) is 3.94. The second-order valence-electron chi connectivity index (χ2n) is 4.00. The van der Waals surface area contributed by atoms with Crippen molar-refractivity contribution in [3.05, 3.63) is 29.6 Å². The van der Waals surface area contributed by atoms with Gasteiger partial charge in [-0.3, -0.25) is 4.79 Å². The van der Waals surface area contributed by atoms with Gasteiger partial charge in [-0.1, -0.05) is 0 Å². The van der Waals surface area contributed by atoms with Crippen LogP contribution in [-0.2, 0) is 13.8 Å². The normalized spacial score (nSPS) is 11.4. The lowest BCUT2D eigenvalue weighted by Crippen LogP contribution is -2.31. The molecule has 0 aliphatic heterocycles. The van der Waals surface area contributed by atoms with Crippen molar-refractivity contribution < 1.29 is 22.3 Å². The molecule has 0 fully saturated rings. The van der Waals surface area contributed by atoms with Crippen LogP contribution in [0.25, 0.3) is 0 Å². The largest absolute Gasteiger partial charge is 0.380 e. The molecule has 0 spiro atoms. The Hall–Kier alpha value is -1.18. The lowest BCUT2D eigenvalue weighted by atomic mass is 10.2. The minimum Gasteiger partial charge on any atom is -0.380 e. The van der Waals surface area contributed by atoms with Gasteiger partial charge in [0.05, 0.1) is 17.1 Å². The van der Waals surface area contributed by atoms with E-state index in [4.69, 9.17) is 15.4 Å². The van der Waals surface area contributed by atoms with E-state index in [-0.39, 0.29) is 12.1 Å². The van der Waals surface area contributed by atoms with Gasteiger partial charge in [0.15, 0.2) is 0 Å². The molecule has 0 atom stereocenters. The molecule has 8 heteroatoms. The van der Waals surface area contributed by atoms with Crippen LogP contribution in [0.1, 0.15) is 17.3 Å². The van der Waals surface area contributed by atoms with E-state index in [0.29, 0.717) is 13.2 Å². The fraction of sp³-hybridized carbons (Fsp3) is 0.417. The number of nitrogens with zero attached hydrogens (tertiary/aromatic N) is 1. The zero-order valence-corrected chi connectivity index (χ0v) is 12.7. The summed E-state index contributed by atoms with van der Waals surface area (Å²) < 4.78 is 41.1. The van der Waals surface area contributed by atoms with Crippen molar-refractivity contribution in [1.82, 2.24) is 4.90 Å². The smallest absolute Gasteiger partial charge is 0.262 e.